The van der Waals surface area contributed by atoms with Crippen LogP contribution >= 0.6 is 11.8 Å². The number of rotatable bonds is 8. The molecular weight excluding hydrogens is 431 g/mol. The molecule has 0 spiro atoms. The molecule has 2 aromatic rings. The Hall–Kier alpha value is -2.84. The van der Waals surface area contributed by atoms with Crippen molar-refractivity contribution in [1.29, 1.82) is 0 Å². The molecule has 1 atom stereocenters. The van der Waals surface area contributed by atoms with Crippen molar-refractivity contribution in [3.05, 3.63) is 64.5 Å². The van der Waals surface area contributed by atoms with Crippen LogP contribution in [0.2, 0.25) is 0 Å². The molecule has 8 heteroatoms. The van der Waals surface area contributed by atoms with Crippen molar-refractivity contribution >= 4 is 40.6 Å². The van der Waals surface area contributed by atoms with Crippen molar-refractivity contribution in [3.63, 3.8) is 0 Å². The highest BCUT2D eigenvalue weighted by atomic mass is 32.2. The van der Waals surface area contributed by atoms with E-state index in [1.54, 1.807) is 24.8 Å². The summed E-state index contributed by atoms with van der Waals surface area (Å²) in [6.07, 6.45) is 2.48. The minimum Gasteiger partial charge on any atom is -0.464 e. The first-order valence-corrected chi connectivity index (χ1v) is 11.9. The maximum Gasteiger partial charge on any atom is 0.328 e. The minimum atomic E-state index is -0.653. The zero-order valence-corrected chi connectivity index (χ0v) is 18.8. The Bertz CT molecular complexity index is 1090. The second-order valence-electron chi connectivity index (χ2n) is 7.60. The molecule has 0 radical (unpaired) electrons. The number of carbonyl (C=O) groups is 2. The summed E-state index contributed by atoms with van der Waals surface area (Å²) in [7, 11) is 0. The monoisotopic (exact) mass is 456 g/mol. The normalized spacial score (nSPS) is 16.8. The Morgan fingerprint density at radius 1 is 1.25 bits per heavy atom. The number of anilines is 1. The number of amides is 1. The van der Waals surface area contributed by atoms with Crippen LogP contribution in [0.25, 0.3) is 11.3 Å². The average molecular weight is 457 g/mol. The predicted octanol–water partition coefficient (Wildman–Crippen LogP) is 3.95. The van der Waals surface area contributed by atoms with Crippen molar-refractivity contribution in [3.8, 4) is 0 Å². The van der Waals surface area contributed by atoms with E-state index in [4.69, 9.17) is 9.47 Å². The Kier molecular flexibility index (Phi) is 6.81. The van der Waals surface area contributed by atoms with Crippen molar-refractivity contribution in [2.75, 3.05) is 23.9 Å². The fourth-order valence-corrected chi connectivity index (χ4v) is 4.39. The van der Waals surface area contributed by atoms with Gasteiger partial charge in [0, 0.05) is 11.3 Å². The van der Waals surface area contributed by atoms with Gasteiger partial charge in [-0.3, -0.25) is 4.79 Å². The van der Waals surface area contributed by atoms with Gasteiger partial charge in [0.2, 0.25) is 0 Å². The lowest BCUT2D eigenvalue weighted by atomic mass is 9.97. The fraction of sp³-hybridized carbons (Fsp3) is 0.333. The van der Waals surface area contributed by atoms with Gasteiger partial charge in [-0.05, 0) is 66.3 Å². The standard InChI is InChI=1S/C24H25FN2O4S/c1-3-31-24(29)20(8-9-32-2)26-22(14-4-5-15-12-30-13-16(15)10-14)21-18-11-17(25)6-7-19(18)27-23(21)28/h4-7,10-11,20,26H,3,8-9,12-13H2,1-2H3,(H,27,28). The summed E-state index contributed by atoms with van der Waals surface area (Å²) < 4.78 is 24.9. The van der Waals surface area contributed by atoms with Gasteiger partial charge in [0.25, 0.3) is 5.91 Å². The van der Waals surface area contributed by atoms with Crippen LogP contribution in [0.5, 0.6) is 0 Å². The third-order valence-corrected chi connectivity index (χ3v) is 6.13. The largest absolute Gasteiger partial charge is 0.464 e. The summed E-state index contributed by atoms with van der Waals surface area (Å²) >= 11 is 1.62. The highest BCUT2D eigenvalue weighted by molar-refractivity contribution is 7.98. The molecule has 4 rings (SSSR count). The average Bonchev–Trinajstić information content (AvgIpc) is 3.37. The molecule has 32 heavy (non-hydrogen) atoms. The van der Waals surface area contributed by atoms with Gasteiger partial charge in [-0.2, -0.15) is 11.8 Å². The molecule has 1 amide bonds. The molecule has 0 saturated heterocycles. The number of benzene rings is 2. The summed E-state index contributed by atoms with van der Waals surface area (Å²) in [5.74, 6) is -0.447. The van der Waals surface area contributed by atoms with E-state index in [9.17, 15) is 14.0 Å². The third-order valence-electron chi connectivity index (χ3n) is 5.49. The second kappa shape index (κ2) is 9.75. The van der Waals surface area contributed by atoms with Gasteiger partial charge in [-0.25, -0.2) is 9.18 Å². The van der Waals surface area contributed by atoms with Crippen LogP contribution in [-0.2, 0) is 32.3 Å². The summed E-state index contributed by atoms with van der Waals surface area (Å²) in [4.78, 5) is 25.7. The van der Waals surface area contributed by atoms with Gasteiger partial charge < -0.3 is 20.1 Å². The lowest BCUT2D eigenvalue weighted by Crippen LogP contribution is -2.38. The van der Waals surface area contributed by atoms with Crippen LogP contribution in [0.3, 0.4) is 0 Å². The van der Waals surface area contributed by atoms with Crippen LogP contribution < -0.4 is 10.6 Å². The van der Waals surface area contributed by atoms with Gasteiger partial charge in [0.15, 0.2) is 0 Å². The molecule has 2 aromatic carbocycles. The first-order valence-electron chi connectivity index (χ1n) is 10.5. The van der Waals surface area contributed by atoms with Crippen LogP contribution in [0.15, 0.2) is 36.4 Å². The number of fused-ring (bicyclic) bond motifs is 2. The second-order valence-corrected chi connectivity index (χ2v) is 8.59. The van der Waals surface area contributed by atoms with E-state index in [1.165, 1.54) is 12.1 Å². The Morgan fingerprint density at radius 3 is 2.84 bits per heavy atom. The maximum absolute atomic E-state index is 14.1. The number of carbonyl (C=O) groups excluding carboxylic acids is 2. The first-order chi connectivity index (χ1) is 15.5. The molecule has 0 aromatic heterocycles. The number of hydrogen-bond donors (Lipinski definition) is 2. The van der Waals surface area contributed by atoms with E-state index in [0.29, 0.717) is 42.2 Å². The summed E-state index contributed by atoms with van der Waals surface area (Å²) in [6, 6.07) is 9.34. The van der Waals surface area contributed by atoms with E-state index >= 15 is 0 Å². The van der Waals surface area contributed by atoms with Gasteiger partial charge in [-0.15, -0.1) is 0 Å². The zero-order valence-electron chi connectivity index (χ0n) is 18.0. The summed E-state index contributed by atoms with van der Waals surface area (Å²) in [5.41, 5.74) is 4.61. The molecule has 168 valence electrons. The van der Waals surface area contributed by atoms with Crippen LogP contribution in [0.1, 0.15) is 35.6 Å². The van der Waals surface area contributed by atoms with Crippen LogP contribution in [0, 0.1) is 5.82 Å². The molecule has 1 unspecified atom stereocenters. The Balaban J connectivity index is 1.84. The SMILES string of the molecule is CCOC(=O)C(CCSC)NC(=C1C(=O)Nc2ccc(F)cc21)c1ccc2c(c1)COC2. The summed E-state index contributed by atoms with van der Waals surface area (Å²) in [6.45, 7) is 3.04. The molecule has 2 N–H and O–H groups in total. The van der Waals surface area contributed by atoms with E-state index < -0.39 is 11.9 Å². The molecule has 0 fully saturated rings. The van der Waals surface area contributed by atoms with Crippen LogP contribution in [-0.4, -0.2) is 36.5 Å². The highest BCUT2D eigenvalue weighted by Crippen LogP contribution is 2.37. The van der Waals surface area contributed by atoms with Gasteiger partial charge >= 0.3 is 5.97 Å². The third kappa shape index (κ3) is 4.52. The fourth-order valence-electron chi connectivity index (χ4n) is 3.92. The molecule has 2 aliphatic heterocycles. The lowest BCUT2D eigenvalue weighted by molar-refractivity contribution is -0.145. The number of halogens is 1. The number of ether oxygens (including phenoxy) is 2. The molecular formula is C24H25FN2O4S. The van der Waals surface area contributed by atoms with Gasteiger partial charge in [0.1, 0.15) is 11.9 Å². The molecule has 2 heterocycles. The number of thioether (sulfide) groups is 1. The minimum absolute atomic E-state index is 0.257. The molecule has 0 aliphatic carbocycles. The Labute approximate surface area is 190 Å². The van der Waals surface area contributed by atoms with Crippen molar-refractivity contribution in [1.82, 2.24) is 5.32 Å². The predicted molar refractivity (Wildman–Crippen MR) is 123 cm³/mol. The first kappa shape index (κ1) is 22.4. The van der Waals surface area contributed by atoms with Crippen molar-refractivity contribution < 1.29 is 23.5 Å². The van der Waals surface area contributed by atoms with Crippen LogP contribution in [0.4, 0.5) is 10.1 Å². The van der Waals surface area contributed by atoms with E-state index in [2.05, 4.69) is 10.6 Å². The number of hydrogen-bond acceptors (Lipinski definition) is 6. The summed E-state index contributed by atoms with van der Waals surface area (Å²) in [5, 5.41) is 6.08. The molecule has 0 bridgehead atoms. The van der Waals surface area contributed by atoms with E-state index in [1.807, 2.05) is 24.5 Å². The quantitative estimate of drug-likeness (QED) is 0.463. The Morgan fingerprint density at radius 2 is 2.06 bits per heavy atom. The lowest BCUT2D eigenvalue weighted by Gasteiger charge is -2.22. The van der Waals surface area contributed by atoms with Gasteiger partial charge in [0.05, 0.1) is 31.1 Å². The van der Waals surface area contributed by atoms with Crippen molar-refractivity contribution in [2.24, 2.45) is 0 Å². The van der Waals surface area contributed by atoms with Crippen molar-refractivity contribution in [2.45, 2.75) is 32.6 Å². The van der Waals surface area contributed by atoms with E-state index in [0.717, 1.165) is 22.4 Å². The topological polar surface area (TPSA) is 76.7 Å². The molecule has 6 nitrogen and oxygen atoms in total. The molecule has 0 saturated carbocycles. The number of esters is 1. The highest BCUT2D eigenvalue weighted by Gasteiger charge is 2.31. The number of nitrogens with one attached hydrogen (secondary N) is 2. The zero-order chi connectivity index (χ0) is 22.7. The van der Waals surface area contributed by atoms with Gasteiger partial charge in [-0.1, -0.05) is 12.1 Å². The van der Waals surface area contributed by atoms with E-state index in [-0.39, 0.29) is 18.5 Å². The smallest absolute Gasteiger partial charge is 0.328 e. The molecule has 2 aliphatic rings. The maximum atomic E-state index is 14.1.